The van der Waals surface area contributed by atoms with E-state index in [2.05, 4.69) is 68.5 Å². The van der Waals surface area contributed by atoms with Gasteiger partial charge in [0.15, 0.2) is 0 Å². The van der Waals surface area contributed by atoms with Gasteiger partial charge < -0.3 is 10.6 Å². The number of terminal acetylenes is 1. The van der Waals surface area contributed by atoms with Gasteiger partial charge in [-0.1, -0.05) is 70.2 Å². The van der Waals surface area contributed by atoms with Gasteiger partial charge in [0.1, 0.15) is 0 Å². The van der Waals surface area contributed by atoms with Crippen molar-refractivity contribution >= 4 is 23.1 Å². The van der Waals surface area contributed by atoms with Gasteiger partial charge in [0, 0.05) is 30.5 Å². The van der Waals surface area contributed by atoms with E-state index in [1.165, 1.54) is 22.3 Å². The summed E-state index contributed by atoms with van der Waals surface area (Å²) in [7, 11) is 0. The van der Waals surface area contributed by atoms with Crippen LogP contribution < -0.4 is 10.6 Å². The second kappa shape index (κ2) is 12.9. The Kier molecular flexibility index (Phi) is 9.93. The molecule has 0 radical (unpaired) electrons. The second-order valence-electron chi connectivity index (χ2n) is 10.2. The number of nitrogens with one attached hydrogen (secondary N) is 2. The Morgan fingerprint density at radius 3 is 2.57 bits per heavy atom. The summed E-state index contributed by atoms with van der Waals surface area (Å²) < 4.78 is 0. The van der Waals surface area contributed by atoms with E-state index in [1.54, 1.807) is 0 Å². The first kappa shape index (κ1) is 27.0. The van der Waals surface area contributed by atoms with Crippen LogP contribution in [0.5, 0.6) is 0 Å². The van der Waals surface area contributed by atoms with E-state index in [1.807, 2.05) is 12.1 Å². The number of fused-ring (bicyclic) bond motifs is 3. The smallest absolute Gasteiger partial charge is 0.251 e. The Morgan fingerprint density at radius 2 is 1.86 bits per heavy atom. The monoisotopic (exact) mass is 488 g/mol. The van der Waals surface area contributed by atoms with Gasteiger partial charge in [-0.05, 0) is 78.3 Å². The largest absolute Gasteiger partial charge is 0.380 e. The van der Waals surface area contributed by atoms with E-state index in [9.17, 15) is 4.79 Å². The molecule has 2 unspecified atom stereocenters. The number of aryl methyl sites for hydroxylation is 1. The van der Waals surface area contributed by atoms with Gasteiger partial charge in [-0.2, -0.15) is 0 Å². The number of thiocarbonyl (C=S) groups is 1. The van der Waals surface area contributed by atoms with E-state index < -0.39 is 0 Å². The lowest BCUT2D eigenvalue weighted by Gasteiger charge is -2.13. The third-order valence-corrected chi connectivity index (χ3v) is 7.29. The first-order valence-electron chi connectivity index (χ1n) is 13.1. The van der Waals surface area contributed by atoms with Crippen LogP contribution in [0, 0.1) is 24.2 Å². The molecule has 0 spiro atoms. The normalized spacial score (nSPS) is 14.7. The van der Waals surface area contributed by atoms with E-state index >= 15 is 0 Å². The molecule has 1 aliphatic rings. The SMILES string of the molecule is C#CC(C)CCNC(=S)CCCc1ccc2c(c1)C(CC)c1cccc(C(=O)NCCC(C)C)c1-2. The summed E-state index contributed by atoms with van der Waals surface area (Å²) in [5.74, 6) is 3.98. The fraction of sp³-hybridized carbons (Fsp3) is 0.484. The minimum Gasteiger partial charge on any atom is -0.380 e. The highest BCUT2D eigenvalue weighted by Gasteiger charge is 2.31. The van der Waals surface area contributed by atoms with Gasteiger partial charge in [0.2, 0.25) is 0 Å². The van der Waals surface area contributed by atoms with Crippen molar-refractivity contribution < 1.29 is 4.79 Å². The number of benzene rings is 2. The summed E-state index contributed by atoms with van der Waals surface area (Å²) in [6.45, 7) is 10.2. The molecule has 2 atom stereocenters. The zero-order chi connectivity index (χ0) is 25.4. The lowest BCUT2D eigenvalue weighted by atomic mass is 9.92. The van der Waals surface area contributed by atoms with Crippen molar-refractivity contribution in [2.75, 3.05) is 13.1 Å². The Bertz CT molecular complexity index is 1080. The maximum Gasteiger partial charge on any atom is 0.251 e. The average Bonchev–Trinajstić information content (AvgIpc) is 3.16. The number of hydrogen-bond acceptors (Lipinski definition) is 2. The summed E-state index contributed by atoms with van der Waals surface area (Å²) >= 11 is 5.50. The van der Waals surface area contributed by atoms with Crippen LogP contribution in [-0.4, -0.2) is 24.0 Å². The molecule has 3 nitrogen and oxygen atoms in total. The molecular weight excluding hydrogens is 448 g/mol. The van der Waals surface area contributed by atoms with E-state index in [0.29, 0.717) is 18.4 Å². The van der Waals surface area contributed by atoms with Crippen molar-refractivity contribution in [1.29, 1.82) is 0 Å². The molecule has 0 aliphatic heterocycles. The highest BCUT2D eigenvalue weighted by molar-refractivity contribution is 7.80. The minimum atomic E-state index is 0.0342. The Hall–Kier alpha value is -2.64. The molecule has 35 heavy (non-hydrogen) atoms. The van der Waals surface area contributed by atoms with Crippen molar-refractivity contribution in [2.45, 2.75) is 72.1 Å². The molecule has 0 heterocycles. The predicted molar refractivity (Wildman–Crippen MR) is 152 cm³/mol. The molecule has 1 aliphatic carbocycles. The Morgan fingerprint density at radius 1 is 1.09 bits per heavy atom. The van der Waals surface area contributed by atoms with Crippen LogP contribution in [0.4, 0.5) is 0 Å². The standard InChI is InChI=1S/C31H40N2OS/c1-6-22(5)17-19-32-29(35)13-8-10-23-14-15-26-28(20-23)24(7-2)25-11-9-12-27(30(25)26)31(34)33-18-16-21(3)4/h1,9,11-12,14-15,20-22,24H,7-8,10,13,16-19H2,2-5H3,(H,32,35)(H,33,34). The summed E-state index contributed by atoms with van der Waals surface area (Å²) in [6, 6.07) is 13.0. The third kappa shape index (κ3) is 6.95. The molecule has 0 saturated heterocycles. The number of amides is 1. The number of carbonyl (C=O) groups is 1. The average molecular weight is 489 g/mol. The maximum atomic E-state index is 13.1. The minimum absolute atomic E-state index is 0.0342. The summed E-state index contributed by atoms with van der Waals surface area (Å²) in [5, 5.41) is 6.47. The van der Waals surface area contributed by atoms with Crippen LogP contribution in [-0.2, 0) is 6.42 Å². The molecule has 0 fully saturated rings. The topological polar surface area (TPSA) is 41.1 Å². The van der Waals surface area contributed by atoms with Gasteiger partial charge >= 0.3 is 0 Å². The molecule has 2 aromatic rings. The third-order valence-electron chi connectivity index (χ3n) is 6.95. The first-order chi connectivity index (χ1) is 16.8. The van der Waals surface area contributed by atoms with Crippen LogP contribution in [0.2, 0.25) is 0 Å². The zero-order valence-corrected chi connectivity index (χ0v) is 22.6. The Balaban J connectivity index is 1.68. The highest BCUT2D eigenvalue weighted by atomic mass is 32.1. The van der Waals surface area contributed by atoms with E-state index in [-0.39, 0.29) is 11.8 Å². The van der Waals surface area contributed by atoms with Crippen molar-refractivity contribution in [3.8, 4) is 23.5 Å². The molecule has 4 heteroatoms. The van der Waals surface area contributed by atoms with E-state index in [0.717, 1.165) is 61.2 Å². The van der Waals surface area contributed by atoms with Crippen molar-refractivity contribution in [3.63, 3.8) is 0 Å². The van der Waals surface area contributed by atoms with Crippen molar-refractivity contribution in [1.82, 2.24) is 10.6 Å². The maximum absolute atomic E-state index is 13.1. The molecule has 2 N–H and O–H groups in total. The molecule has 0 bridgehead atoms. The first-order valence-corrected chi connectivity index (χ1v) is 13.5. The van der Waals surface area contributed by atoms with Crippen LogP contribution in [0.25, 0.3) is 11.1 Å². The number of rotatable bonds is 12. The fourth-order valence-corrected chi connectivity index (χ4v) is 5.11. The van der Waals surface area contributed by atoms with Gasteiger partial charge in [-0.3, -0.25) is 4.79 Å². The van der Waals surface area contributed by atoms with Gasteiger partial charge in [-0.15, -0.1) is 12.3 Å². The van der Waals surface area contributed by atoms with E-state index in [4.69, 9.17) is 18.6 Å². The quantitative estimate of drug-likeness (QED) is 0.253. The lowest BCUT2D eigenvalue weighted by molar-refractivity contribution is 0.0952. The molecule has 2 aromatic carbocycles. The second-order valence-corrected chi connectivity index (χ2v) is 10.6. The van der Waals surface area contributed by atoms with Crippen LogP contribution in [0.15, 0.2) is 36.4 Å². The summed E-state index contributed by atoms with van der Waals surface area (Å²) in [6.07, 6.45) is 11.3. The summed E-state index contributed by atoms with van der Waals surface area (Å²) in [4.78, 5) is 14.0. The fourth-order valence-electron chi connectivity index (χ4n) is 4.86. The van der Waals surface area contributed by atoms with Gasteiger partial charge in [0.05, 0.1) is 4.99 Å². The molecular formula is C31H40N2OS. The molecule has 0 aromatic heterocycles. The van der Waals surface area contributed by atoms with Crippen LogP contribution in [0.1, 0.15) is 92.8 Å². The highest BCUT2D eigenvalue weighted by Crippen LogP contribution is 2.48. The van der Waals surface area contributed by atoms with Crippen LogP contribution >= 0.6 is 12.2 Å². The lowest BCUT2D eigenvalue weighted by Crippen LogP contribution is -2.25. The van der Waals surface area contributed by atoms with Crippen LogP contribution in [0.3, 0.4) is 0 Å². The molecule has 0 saturated carbocycles. The summed E-state index contributed by atoms with van der Waals surface area (Å²) in [5.41, 5.74) is 7.10. The van der Waals surface area contributed by atoms with Gasteiger partial charge in [-0.25, -0.2) is 0 Å². The zero-order valence-electron chi connectivity index (χ0n) is 21.7. The van der Waals surface area contributed by atoms with Gasteiger partial charge in [0.25, 0.3) is 5.91 Å². The predicted octanol–water partition coefficient (Wildman–Crippen LogP) is 6.88. The molecule has 186 valence electrons. The molecule has 1 amide bonds. The van der Waals surface area contributed by atoms with Crippen molar-refractivity contribution in [2.24, 2.45) is 11.8 Å². The van der Waals surface area contributed by atoms with Crippen molar-refractivity contribution in [3.05, 3.63) is 58.7 Å². The molecule has 3 rings (SSSR count). The Labute approximate surface area is 217 Å². The number of carbonyl (C=O) groups excluding carboxylic acids is 1. The number of hydrogen-bond donors (Lipinski definition) is 2.